The number of carbonyl (C=O) groups excluding carboxylic acids is 2. The molecule has 0 aromatic carbocycles. The first kappa shape index (κ1) is 40.9. The fourth-order valence-electron chi connectivity index (χ4n) is 4.74. The van der Waals surface area contributed by atoms with Crippen LogP contribution in [0.5, 0.6) is 0 Å². The highest BCUT2D eigenvalue weighted by atomic mass is 16.5. The summed E-state index contributed by atoms with van der Waals surface area (Å²) in [6.07, 6.45) is 45.6. The number of unbranched alkanes of at least 4 members (excludes halogenated alkanes) is 16. The van der Waals surface area contributed by atoms with Crippen LogP contribution in [-0.2, 0) is 19.1 Å². The van der Waals surface area contributed by atoms with Crippen LogP contribution in [0.25, 0.3) is 0 Å². The standard InChI is InChI=1S/C39H68O4/c1-3-5-7-9-11-13-15-17-19-21-23-25-27-29-31-34-38(40)42-36-33-37-43-39(41)35-32-30-28-26-24-22-20-18-16-14-12-10-8-6-4-2/h11-14,17-20H,3-10,15-16,21-37H2,1-2H3/b13-11-,14-12-,19-17-,20-18-. The van der Waals surface area contributed by atoms with Crippen LogP contribution in [0.15, 0.2) is 48.6 Å². The van der Waals surface area contributed by atoms with Gasteiger partial charge in [0, 0.05) is 19.3 Å². The molecule has 0 aromatic heterocycles. The first-order valence-electron chi connectivity index (χ1n) is 18.1. The van der Waals surface area contributed by atoms with Crippen molar-refractivity contribution in [3.8, 4) is 0 Å². The van der Waals surface area contributed by atoms with E-state index in [-0.39, 0.29) is 11.9 Å². The summed E-state index contributed by atoms with van der Waals surface area (Å²) in [5, 5.41) is 0. The molecule has 0 aliphatic heterocycles. The van der Waals surface area contributed by atoms with Crippen LogP contribution in [-0.4, -0.2) is 25.2 Å². The number of hydrogen-bond acceptors (Lipinski definition) is 4. The van der Waals surface area contributed by atoms with Gasteiger partial charge in [-0.15, -0.1) is 0 Å². The average Bonchev–Trinajstić information content (AvgIpc) is 3.00. The number of allylic oxidation sites excluding steroid dienone is 8. The predicted molar refractivity (Wildman–Crippen MR) is 185 cm³/mol. The monoisotopic (exact) mass is 601 g/mol. The maximum Gasteiger partial charge on any atom is 0.305 e. The summed E-state index contributed by atoms with van der Waals surface area (Å²) in [4.78, 5) is 23.8. The van der Waals surface area contributed by atoms with Crippen LogP contribution in [0.3, 0.4) is 0 Å². The molecule has 0 unspecified atom stereocenters. The second-order valence-corrected chi connectivity index (χ2v) is 11.8. The molecule has 0 heterocycles. The summed E-state index contributed by atoms with van der Waals surface area (Å²) in [5.41, 5.74) is 0. The van der Waals surface area contributed by atoms with Crippen molar-refractivity contribution < 1.29 is 19.1 Å². The van der Waals surface area contributed by atoms with Crippen LogP contribution in [0.4, 0.5) is 0 Å². The van der Waals surface area contributed by atoms with Gasteiger partial charge < -0.3 is 9.47 Å². The molecule has 0 amide bonds. The number of hydrogen-bond donors (Lipinski definition) is 0. The quantitative estimate of drug-likeness (QED) is 0.0438. The normalized spacial score (nSPS) is 12.0. The molecular formula is C39H68O4. The number of rotatable bonds is 32. The van der Waals surface area contributed by atoms with Gasteiger partial charge in [-0.3, -0.25) is 9.59 Å². The molecule has 0 atom stereocenters. The van der Waals surface area contributed by atoms with Crippen LogP contribution >= 0.6 is 0 Å². The molecule has 0 rings (SSSR count). The van der Waals surface area contributed by atoms with Crippen molar-refractivity contribution >= 4 is 11.9 Å². The summed E-state index contributed by atoms with van der Waals surface area (Å²) in [5.74, 6) is -0.274. The van der Waals surface area contributed by atoms with Gasteiger partial charge >= 0.3 is 11.9 Å². The number of ether oxygens (including phenoxy) is 2. The summed E-state index contributed by atoms with van der Waals surface area (Å²) in [6.45, 7) is 5.14. The molecule has 0 bridgehead atoms. The lowest BCUT2D eigenvalue weighted by Gasteiger charge is -2.06. The molecule has 43 heavy (non-hydrogen) atoms. The Morgan fingerprint density at radius 1 is 0.395 bits per heavy atom. The fraction of sp³-hybridized carbons (Fsp3) is 0.744. The second-order valence-electron chi connectivity index (χ2n) is 11.8. The Kier molecular flexibility index (Phi) is 34.3. The summed E-state index contributed by atoms with van der Waals surface area (Å²) in [6, 6.07) is 0. The van der Waals surface area contributed by atoms with Gasteiger partial charge in [-0.2, -0.15) is 0 Å². The SMILES string of the molecule is CCCCC/C=C\C/C=C\CCCCCCCC(=O)OCCCOC(=O)CCCCCCC/C=C\C/C=C\CCCCC. The van der Waals surface area contributed by atoms with E-state index in [1.54, 1.807) is 0 Å². The first-order chi connectivity index (χ1) is 21.2. The third kappa shape index (κ3) is 36.0. The Morgan fingerprint density at radius 3 is 1.09 bits per heavy atom. The van der Waals surface area contributed by atoms with Crippen LogP contribution in [0, 0.1) is 0 Å². The van der Waals surface area contributed by atoms with Gasteiger partial charge in [0.25, 0.3) is 0 Å². The van der Waals surface area contributed by atoms with Gasteiger partial charge in [0.15, 0.2) is 0 Å². The molecule has 4 nitrogen and oxygen atoms in total. The van der Waals surface area contributed by atoms with Gasteiger partial charge in [0.2, 0.25) is 0 Å². The highest BCUT2D eigenvalue weighted by Gasteiger charge is 2.05. The van der Waals surface area contributed by atoms with E-state index in [1.807, 2.05) is 0 Å². The molecule has 0 N–H and O–H groups in total. The Labute approximate surface area is 266 Å². The molecule has 0 aromatic rings. The summed E-state index contributed by atoms with van der Waals surface area (Å²) in [7, 11) is 0. The second kappa shape index (κ2) is 36.1. The Hall–Kier alpha value is -2.10. The maximum atomic E-state index is 11.9. The molecule has 0 fully saturated rings. The first-order valence-corrected chi connectivity index (χ1v) is 18.1. The highest BCUT2D eigenvalue weighted by Crippen LogP contribution is 2.10. The largest absolute Gasteiger partial charge is 0.466 e. The van der Waals surface area contributed by atoms with Gasteiger partial charge in [0.05, 0.1) is 13.2 Å². The van der Waals surface area contributed by atoms with Crippen molar-refractivity contribution in [2.24, 2.45) is 0 Å². The van der Waals surface area contributed by atoms with Crippen molar-refractivity contribution in [3.63, 3.8) is 0 Å². The van der Waals surface area contributed by atoms with E-state index in [0.717, 1.165) is 51.4 Å². The smallest absolute Gasteiger partial charge is 0.305 e. The summed E-state index contributed by atoms with van der Waals surface area (Å²) < 4.78 is 10.6. The van der Waals surface area contributed by atoms with Crippen LogP contribution in [0.2, 0.25) is 0 Å². The molecular weight excluding hydrogens is 532 g/mol. The molecule has 0 saturated carbocycles. The minimum atomic E-state index is -0.137. The molecule has 0 aliphatic rings. The molecule has 0 radical (unpaired) electrons. The minimum absolute atomic E-state index is 0.137. The van der Waals surface area contributed by atoms with Crippen LogP contribution < -0.4 is 0 Å². The Balaban J connectivity index is 3.38. The Morgan fingerprint density at radius 2 is 0.721 bits per heavy atom. The van der Waals surface area contributed by atoms with E-state index >= 15 is 0 Å². The molecule has 4 heteroatoms. The topological polar surface area (TPSA) is 52.6 Å². The molecule has 0 saturated heterocycles. The van der Waals surface area contributed by atoms with E-state index in [2.05, 4.69) is 62.5 Å². The lowest BCUT2D eigenvalue weighted by molar-refractivity contribution is -0.146. The van der Waals surface area contributed by atoms with Gasteiger partial charge in [-0.25, -0.2) is 0 Å². The third-order valence-electron chi connectivity index (χ3n) is 7.48. The van der Waals surface area contributed by atoms with Crippen molar-refractivity contribution in [1.82, 2.24) is 0 Å². The van der Waals surface area contributed by atoms with E-state index in [1.165, 1.54) is 89.9 Å². The molecule has 248 valence electrons. The maximum absolute atomic E-state index is 11.9. The highest BCUT2D eigenvalue weighted by molar-refractivity contribution is 5.69. The van der Waals surface area contributed by atoms with E-state index in [4.69, 9.17) is 9.47 Å². The molecule has 0 aliphatic carbocycles. The zero-order valence-electron chi connectivity index (χ0n) is 28.3. The van der Waals surface area contributed by atoms with E-state index < -0.39 is 0 Å². The Bertz CT molecular complexity index is 659. The average molecular weight is 601 g/mol. The summed E-state index contributed by atoms with van der Waals surface area (Å²) >= 11 is 0. The number of esters is 2. The minimum Gasteiger partial charge on any atom is -0.466 e. The predicted octanol–water partition coefficient (Wildman–Crippen LogP) is 12.1. The van der Waals surface area contributed by atoms with Crippen molar-refractivity contribution in [2.75, 3.05) is 13.2 Å². The van der Waals surface area contributed by atoms with Crippen molar-refractivity contribution in [2.45, 2.75) is 174 Å². The van der Waals surface area contributed by atoms with Crippen LogP contribution in [0.1, 0.15) is 174 Å². The van der Waals surface area contributed by atoms with Gasteiger partial charge in [-0.1, -0.05) is 127 Å². The lowest BCUT2D eigenvalue weighted by Crippen LogP contribution is -2.10. The molecule has 0 spiro atoms. The third-order valence-corrected chi connectivity index (χ3v) is 7.48. The van der Waals surface area contributed by atoms with Gasteiger partial charge in [0.1, 0.15) is 0 Å². The number of carbonyl (C=O) groups is 2. The van der Waals surface area contributed by atoms with Crippen molar-refractivity contribution in [3.05, 3.63) is 48.6 Å². The van der Waals surface area contributed by atoms with E-state index in [9.17, 15) is 9.59 Å². The fourth-order valence-corrected chi connectivity index (χ4v) is 4.74. The van der Waals surface area contributed by atoms with Gasteiger partial charge in [-0.05, 0) is 77.0 Å². The zero-order chi connectivity index (χ0) is 31.3. The zero-order valence-corrected chi connectivity index (χ0v) is 28.3. The van der Waals surface area contributed by atoms with Crippen molar-refractivity contribution in [1.29, 1.82) is 0 Å². The van der Waals surface area contributed by atoms with E-state index in [0.29, 0.717) is 32.5 Å². The lowest BCUT2D eigenvalue weighted by atomic mass is 10.1.